The van der Waals surface area contributed by atoms with Gasteiger partial charge in [-0.1, -0.05) is 37.3 Å². The van der Waals surface area contributed by atoms with Crippen LogP contribution in [-0.4, -0.2) is 33.9 Å². The molecular formula is C23H28N6O. The molecule has 3 rings (SSSR count). The Morgan fingerprint density at radius 3 is 2.47 bits per heavy atom. The number of anilines is 3. The van der Waals surface area contributed by atoms with E-state index in [0.29, 0.717) is 30.5 Å². The van der Waals surface area contributed by atoms with Gasteiger partial charge in [-0.15, -0.1) is 0 Å². The normalized spacial score (nSPS) is 11.6. The average Bonchev–Trinajstić information content (AvgIpc) is 2.72. The van der Waals surface area contributed by atoms with E-state index in [1.165, 1.54) is 0 Å². The van der Waals surface area contributed by atoms with Crippen molar-refractivity contribution in [1.82, 2.24) is 20.3 Å². The van der Waals surface area contributed by atoms with E-state index in [0.717, 1.165) is 23.4 Å². The molecule has 0 aliphatic carbocycles. The molecule has 7 heteroatoms. The Balaban J connectivity index is 1.53. The molecule has 0 aliphatic heterocycles. The van der Waals surface area contributed by atoms with Gasteiger partial charge in [0.25, 0.3) is 0 Å². The van der Waals surface area contributed by atoms with Crippen molar-refractivity contribution in [2.75, 3.05) is 23.7 Å². The molecule has 7 nitrogen and oxygen atoms in total. The number of benzene rings is 1. The fourth-order valence-corrected chi connectivity index (χ4v) is 3.22. The van der Waals surface area contributed by atoms with Crippen molar-refractivity contribution >= 4 is 23.4 Å². The summed E-state index contributed by atoms with van der Waals surface area (Å²) in [6.45, 7) is 6.95. The van der Waals surface area contributed by atoms with E-state index in [-0.39, 0.29) is 11.8 Å². The van der Waals surface area contributed by atoms with Gasteiger partial charge in [0.1, 0.15) is 23.3 Å². The molecule has 0 saturated heterocycles. The van der Waals surface area contributed by atoms with Gasteiger partial charge in [-0.3, -0.25) is 4.79 Å². The molecule has 2 aromatic heterocycles. The number of hydrogen-bond acceptors (Lipinski definition) is 6. The summed E-state index contributed by atoms with van der Waals surface area (Å²) in [7, 11) is 0. The summed E-state index contributed by atoms with van der Waals surface area (Å²) in [5, 5.41) is 9.46. The van der Waals surface area contributed by atoms with Crippen LogP contribution in [0.3, 0.4) is 0 Å². The number of nitrogens with one attached hydrogen (secondary N) is 3. The first kappa shape index (κ1) is 21.2. The Kier molecular flexibility index (Phi) is 7.32. The first-order valence-electron chi connectivity index (χ1n) is 10.2. The van der Waals surface area contributed by atoms with Gasteiger partial charge in [0.2, 0.25) is 5.91 Å². The van der Waals surface area contributed by atoms with E-state index >= 15 is 0 Å². The summed E-state index contributed by atoms with van der Waals surface area (Å²) in [5.74, 6) is 2.65. The molecule has 1 amide bonds. The molecule has 1 atom stereocenters. The number of hydrogen-bond donors (Lipinski definition) is 3. The lowest BCUT2D eigenvalue weighted by Gasteiger charge is -2.16. The number of aromatic nitrogens is 3. The molecule has 30 heavy (non-hydrogen) atoms. The van der Waals surface area contributed by atoms with Crippen LogP contribution in [0.2, 0.25) is 0 Å². The van der Waals surface area contributed by atoms with Crippen molar-refractivity contribution in [2.24, 2.45) is 0 Å². The van der Waals surface area contributed by atoms with Gasteiger partial charge in [0.15, 0.2) is 0 Å². The highest BCUT2D eigenvalue weighted by molar-refractivity contribution is 5.83. The minimum absolute atomic E-state index is 0.0391. The first-order chi connectivity index (χ1) is 14.5. The van der Waals surface area contributed by atoms with Crippen LogP contribution >= 0.6 is 0 Å². The van der Waals surface area contributed by atoms with Crippen LogP contribution in [0.4, 0.5) is 17.5 Å². The number of carbonyl (C=O) groups is 1. The van der Waals surface area contributed by atoms with Crippen LogP contribution in [-0.2, 0) is 4.79 Å². The standard InChI is InChI=1S/C23H28N6O/c1-4-19(18-8-6-5-7-9-18)23(30)26-13-12-25-21-15-22(28-17(3)27-21)29-20-14-16(2)10-11-24-20/h5-11,14-15,19H,4,12-13H2,1-3H3,(H,26,30)(H2,24,25,27,28,29). The average molecular weight is 405 g/mol. The Morgan fingerprint density at radius 1 is 0.967 bits per heavy atom. The van der Waals surface area contributed by atoms with Gasteiger partial charge < -0.3 is 16.0 Å². The van der Waals surface area contributed by atoms with Gasteiger partial charge in [-0.25, -0.2) is 15.0 Å². The largest absolute Gasteiger partial charge is 0.368 e. The summed E-state index contributed by atoms with van der Waals surface area (Å²) in [4.78, 5) is 25.7. The molecule has 1 aromatic carbocycles. The maximum atomic E-state index is 12.5. The molecule has 0 saturated carbocycles. The van der Waals surface area contributed by atoms with Gasteiger partial charge in [-0.05, 0) is 43.5 Å². The second kappa shape index (κ2) is 10.3. The number of rotatable bonds is 9. The van der Waals surface area contributed by atoms with Crippen molar-refractivity contribution in [1.29, 1.82) is 0 Å². The van der Waals surface area contributed by atoms with E-state index < -0.39 is 0 Å². The van der Waals surface area contributed by atoms with Gasteiger partial charge >= 0.3 is 0 Å². The van der Waals surface area contributed by atoms with Crippen molar-refractivity contribution in [3.63, 3.8) is 0 Å². The minimum Gasteiger partial charge on any atom is -0.368 e. The summed E-state index contributed by atoms with van der Waals surface area (Å²) < 4.78 is 0. The number of nitrogens with zero attached hydrogens (tertiary/aromatic N) is 3. The maximum absolute atomic E-state index is 12.5. The summed E-state index contributed by atoms with van der Waals surface area (Å²) >= 11 is 0. The van der Waals surface area contributed by atoms with Crippen LogP contribution in [0.1, 0.15) is 36.2 Å². The monoisotopic (exact) mass is 404 g/mol. The molecule has 0 bridgehead atoms. The van der Waals surface area contributed by atoms with Crippen LogP contribution < -0.4 is 16.0 Å². The third kappa shape index (κ3) is 6.01. The number of carbonyl (C=O) groups excluding carboxylic acids is 1. The molecule has 0 spiro atoms. The number of aryl methyl sites for hydroxylation is 2. The maximum Gasteiger partial charge on any atom is 0.227 e. The fourth-order valence-electron chi connectivity index (χ4n) is 3.22. The van der Waals surface area contributed by atoms with Crippen LogP contribution in [0.5, 0.6) is 0 Å². The molecule has 3 N–H and O–H groups in total. The third-order valence-corrected chi connectivity index (χ3v) is 4.67. The fraction of sp³-hybridized carbons (Fsp3) is 0.304. The van der Waals surface area contributed by atoms with E-state index in [2.05, 4.69) is 30.9 Å². The SMILES string of the molecule is CCC(C(=O)NCCNc1cc(Nc2cc(C)ccn2)nc(C)n1)c1ccccc1. The van der Waals surface area contributed by atoms with E-state index in [9.17, 15) is 4.79 Å². The van der Waals surface area contributed by atoms with Crippen LogP contribution in [0.15, 0.2) is 54.7 Å². The third-order valence-electron chi connectivity index (χ3n) is 4.67. The zero-order chi connectivity index (χ0) is 21.3. The quantitative estimate of drug-likeness (QED) is 0.468. The molecule has 0 aliphatic rings. The molecule has 0 fully saturated rings. The second-order valence-corrected chi connectivity index (χ2v) is 7.12. The van der Waals surface area contributed by atoms with Crippen LogP contribution in [0.25, 0.3) is 0 Å². The summed E-state index contributed by atoms with van der Waals surface area (Å²) in [6.07, 6.45) is 2.52. The van der Waals surface area contributed by atoms with Crippen LogP contribution in [0, 0.1) is 13.8 Å². The van der Waals surface area contributed by atoms with Crippen molar-refractivity contribution in [3.8, 4) is 0 Å². The number of amides is 1. The number of pyridine rings is 1. The minimum atomic E-state index is -0.134. The van der Waals surface area contributed by atoms with Crippen molar-refractivity contribution in [3.05, 3.63) is 71.7 Å². The Hall–Kier alpha value is -3.48. The van der Waals surface area contributed by atoms with Gasteiger partial charge in [0.05, 0.1) is 5.92 Å². The Morgan fingerprint density at radius 2 is 1.73 bits per heavy atom. The second-order valence-electron chi connectivity index (χ2n) is 7.12. The highest BCUT2D eigenvalue weighted by atomic mass is 16.1. The van der Waals surface area contributed by atoms with Gasteiger partial charge in [0, 0.05) is 25.4 Å². The zero-order valence-corrected chi connectivity index (χ0v) is 17.6. The highest BCUT2D eigenvalue weighted by Gasteiger charge is 2.17. The van der Waals surface area contributed by atoms with Crippen molar-refractivity contribution < 1.29 is 4.79 Å². The first-order valence-corrected chi connectivity index (χ1v) is 10.2. The molecule has 0 radical (unpaired) electrons. The lowest BCUT2D eigenvalue weighted by atomic mass is 9.96. The molecule has 156 valence electrons. The lowest BCUT2D eigenvalue weighted by molar-refractivity contribution is -0.122. The molecular weight excluding hydrogens is 376 g/mol. The topological polar surface area (TPSA) is 91.8 Å². The highest BCUT2D eigenvalue weighted by Crippen LogP contribution is 2.19. The Labute approximate surface area is 177 Å². The Bertz CT molecular complexity index is 976. The summed E-state index contributed by atoms with van der Waals surface area (Å²) in [6, 6.07) is 15.6. The van der Waals surface area contributed by atoms with E-state index in [1.807, 2.05) is 69.3 Å². The van der Waals surface area contributed by atoms with Gasteiger partial charge in [-0.2, -0.15) is 0 Å². The smallest absolute Gasteiger partial charge is 0.227 e. The lowest BCUT2D eigenvalue weighted by Crippen LogP contribution is -2.33. The molecule has 1 unspecified atom stereocenters. The van der Waals surface area contributed by atoms with E-state index in [1.54, 1.807) is 6.20 Å². The van der Waals surface area contributed by atoms with Crippen molar-refractivity contribution in [2.45, 2.75) is 33.1 Å². The molecule has 3 aromatic rings. The molecule has 2 heterocycles. The zero-order valence-electron chi connectivity index (χ0n) is 17.6. The predicted octanol–water partition coefficient (Wildman–Crippen LogP) is 3.95. The van der Waals surface area contributed by atoms with E-state index in [4.69, 9.17) is 0 Å². The summed E-state index contributed by atoms with van der Waals surface area (Å²) in [5.41, 5.74) is 2.16. The predicted molar refractivity (Wildman–Crippen MR) is 120 cm³/mol.